The van der Waals surface area contributed by atoms with Gasteiger partial charge in [0.1, 0.15) is 0 Å². The summed E-state index contributed by atoms with van der Waals surface area (Å²) in [6.45, 7) is 3.28. The molecule has 2 aromatic heterocycles. The molecule has 44 heavy (non-hydrogen) atoms. The van der Waals surface area contributed by atoms with Crippen molar-refractivity contribution in [3.8, 4) is 11.1 Å². The Kier molecular flexibility index (Phi) is 9.97. The maximum atomic E-state index is 12.5. The third-order valence-electron chi connectivity index (χ3n) is 5.76. The fourth-order valence-corrected chi connectivity index (χ4v) is 5.34. The highest BCUT2D eigenvalue weighted by molar-refractivity contribution is 8.00. The molecule has 0 saturated heterocycles. The van der Waals surface area contributed by atoms with Crippen molar-refractivity contribution in [2.45, 2.75) is 24.2 Å². The first kappa shape index (κ1) is 31.7. The molecule has 0 unspecified atom stereocenters. The zero-order chi connectivity index (χ0) is 32.0. The normalized spacial score (nSPS) is 10.7. The number of aryl methyl sites for hydroxylation is 2. The van der Waals surface area contributed by atoms with Gasteiger partial charge < -0.3 is 30.8 Å². The lowest BCUT2D eigenvalue weighted by Gasteiger charge is -2.13. The van der Waals surface area contributed by atoms with Gasteiger partial charge in [0, 0.05) is 23.5 Å². The Bertz CT molecular complexity index is 1770. The largest absolute Gasteiger partial charge is 0.478 e. The van der Waals surface area contributed by atoms with E-state index >= 15 is 0 Å². The molecule has 0 spiro atoms. The van der Waals surface area contributed by atoms with E-state index in [1.165, 1.54) is 48.5 Å². The van der Waals surface area contributed by atoms with Gasteiger partial charge in [0.15, 0.2) is 10.3 Å². The lowest BCUT2D eigenvalue weighted by molar-refractivity contribution is -0.114. The molecule has 6 N–H and O–H groups in total. The van der Waals surface area contributed by atoms with Gasteiger partial charge in [-0.25, -0.2) is 19.6 Å². The molecule has 2 heterocycles. The van der Waals surface area contributed by atoms with Crippen LogP contribution < -0.4 is 21.8 Å². The molecule has 0 aliphatic carbocycles. The third kappa shape index (κ3) is 8.42. The summed E-state index contributed by atoms with van der Waals surface area (Å²) in [5.41, 5.74) is 0.490. The second-order valence-electron chi connectivity index (χ2n) is 9.19. The molecule has 0 fully saturated rings. The van der Waals surface area contributed by atoms with E-state index in [1.54, 1.807) is 13.8 Å². The monoisotopic (exact) mass is 636 g/mol. The van der Waals surface area contributed by atoms with E-state index in [-0.39, 0.29) is 55.4 Å². The van der Waals surface area contributed by atoms with Gasteiger partial charge in [-0.1, -0.05) is 35.7 Å². The highest BCUT2D eigenvalue weighted by Gasteiger charge is 2.18. The number of thioether (sulfide) groups is 2. The van der Waals surface area contributed by atoms with Crippen molar-refractivity contribution in [2.75, 3.05) is 22.1 Å². The molecule has 0 bridgehead atoms. The fraction of sp³-hybridized carbons (Fsp3) is 0.143. The summed E-state index contributed by atoms with van der Waals surface area (Å²) in [7, 11) is 0. The van der Waals surface area contributed by atoms with E-state index in [0.717, 1.165) is 23.5 Å². The van der Waals surface area contributed by atoms with Crippen molar-refractivity contribution in [2.24, 2.45) is 0 Å². The van der Waals surface area contributed by atoms with Crippen LogP contribution in [0.3, 0.4) is 0 Å². The minimum atomic E-state index is -1.33. The van der Waals surface area contributed by atoms with Crippen LogP contribution in [0.4, 0.5) is 11.4 Å². The molecule has 14 nitrogen and oxygen atoms in total. The first-order chi connectivity index (χ1) is 20.9. The Balaban J connectivity index is 1.48. The molecule has 0 saturated carbocycles. The van der Waals surface area contributed by atoms with Crippen molar-refractivity contribution in [3.05, 3.63) is 91.8 Å². The molecule has 4 aromatic rings. The highest BCUT2D eigenvalue weighted by Crippen LogP contribution is 2.29. The van der Waals surface area contributed by atoms with Crippen molar-refractivity contribution >= 4 is 58.7 Å². The smallest absolute Gasteiger partial charge is 0.337 e. The summed E-state index contributed by atoms with van der Waals surface area (Å²) in [6.07, 6.45) is 0. The minimum absolute atomic E-state index is 0.0156. The van der Waals surface area contributed by atoms with Crippen molar-refractivity contribution in [3.63, 3.8) is 0 Å². The number of anilines is 2. The Labute approximate surface area is 256 Å². The van der Waals surface area contributed by atoms with Gasteiger partial charge in [0.2, 0.25) is 11.8 Å². The molecular formula is C28H24N6O8S2. The third-order valence-corrected chi connectivity index (χ3v) is 7.50. The van der Waals surface area contributed by atoms with Gasteiger partial charge in [-0.2, -0.15) is 0 Å². The number of aromatic nitrogens is 4. The van der Waals surface area contributed by atoms with E-state index in [2.05, 4.69) is 30.6 Å². The number of nitrogens with one attached hydrogen (secondary N) is 4. The zero-order valence-electron chi connectivity index (χ0n) is 23.1. The number of carbonyl (C=O) groups excluding carboxylic acids is 2. The van der Waals surface area contributed by atoms with Crippen LogP contribution in [0, 0.1) is 13.8 Å². The Hall–Kier alpha value is -5.22. The van der Waals surface area contributed by atoms with E-state index in [0.29, 0.717) is 22.5 Å². The second-order valence-corrected chi connectivity index (χ2v) is 11.1. The first-order valence-electron chi connectivity index (χ1n) is 12.6. The lowest BCUT2D eigenvalue weighted by Crippen LogP contribution is -2.18. The molecule has 2 amide bonds. The van der Waals surface area contributed by atoms with Crippen LogP contribution in [0.25, 0.3) is 11.1 Å². The van der Waals surface area contributed by atoms with Crippen LogP contribution >= 0.6 is 23.5 Å². The summed E-state index contributed by atoms with van der Waals surface area (Å²) in [6, 6.07) is 11.0. The number of nitrogens with zero attached hydrogens (tertiary/aromatic N) is 2. The number of benzene rings is 2. The lowest BCUT2D eigenvalue weighted by atomic mass is 9.99. The Morgan fingerprint density at radius 2 is 1.07 bits per heavy atom. The van der Waals surface area contributed by atoms with Gasteiger partial charge in [-0.15, -0.1) is 0 Å². The highest BCUT2D eigenvalue weighted by atomic mass is 32.2. The number of amides is 2. The number of rotatable bonds is 11. The number of carboxylic acids is 2. The van der Waals surface area contributed by atoms with Crippen molar-refractivity contribution < 1.29 is 29.4 Å². The summed E-state index contributed by atoms with van der Waals surface area (Å²) >= 11 is 1.95. The maximum absolute atomic E-state index is 12.5. The van der Waals surface area contributed by atoms with E-state index in [4.69, 9.17) is 0 Å². The molecule has 0 radical (unpaired) electrons. The average Bonchev–Trinajstić information content (AvgIpc) is 2.94. The number of aromatic carboxylic acids is 2. The first-order valence-corrected chi connectivity index (χ1v) is 14.6. The molecule has 2 aromatic carbocycles. The minimum Gasteiger partial charge on any atom is -0.478 e. The molecule has 16 heteroatoms. The van der Waals surface area contributed by atoms with Gasteiger partial charge >= 0.3 is 11.9 Å². The van der Waals surface area contributed by atoms with E-state index < -0.39 is 23.8 Å². The molecule has 0 aliphatic heterocycles. The van der Waals surface area contributed by atoms with Crippen molar-refractivity contribution in [1.82, 2.24) is 19.9 Å². The van der Waals surface area contributed by atoms with Crippen LogP contribution in [-0.4, -0.2) is 65.4 Å². The van der Waals surface area contributed by atoms with Crippen LogP contribution in [0.5, 0.6) is 0 Å². The fourth-order valence-electron chi connectivity index (χ4n) is 3.90. The number of aromatic amines is 2. The number of carboxylic acid groups (broad SMARTS) is 2. The average molecular weight is 637 g/mol. The predicted molar refractivity (Wildman–Crippen MR) is 164 cm³/mol. The standard InChI is InChI=1S/C28H24N6O8S2/c1-13-7-21(35)33-27(29-13)43-11-23(37)31-19-5-3-15(9-17(19)25(39)40)16-4-6-20(18(10-16)26(41)42)32-24(38)12-44-28-30-14(2)8-22(36)34-28/h3-10H,11-12H2,1-2H3,(H,31,37)(H,32,38)(H,39,40)(H,41,42)(H,29,33,35)(H,30,34,36). The van der Waals surface area contributed by atoms with Gasteiger partial charge in [-0.05, 0) is 49.2 Å². The molecule has 0 aliphatic rings. The number of hydrogen-bond donors (Lipinski definition) is 6. The predicted octanol–water partition coefficient (Wildman–Crippen LogP) is 3.00. The number of carbonyl (C=O) groups is 4. The number of hydrogen-bond acceptors (Lipinski definition) is 10. The van der Waals surface area contributed by atoms with Gasteiger partial charge in [0.05, 0.1) is 34.0 Å². The van der Waals surface area contributed by atoms with Crippen molar-refractivity contribution in [1.29, 1.82) is 0 Å². The van der Waals surface area contributed by atoms with Crippen LogP contribution in [0.2, 0.25) is 0 Å². The van der Waals surface area contributed by atoms with Gasteiger partial charge in [-0.3, -0.25) is 19.2 Å². The second kappa shape index (κ2) is 13.8. The van der Waals surface area contributed by atoms with E-state index in [1.807, 2.05) is 0 Å². The zero-order valence-corrected chi connectivity index (χ0v) is 24.7. The van der Waals surface area contributed by atoms with Crippen LogP contribution in [0.15, 0.2) is 68.4 Å². The topological polar surface area (TPSA) is 224 Å². The summed E-state index contributed by atoms with van der Waals surface area (Å²) < 4.78 is 0. The quantitative estimate of drug-likeness (QED) is 0.103. The van der Waals surface area contributed by atoms with Gasteiger partial charge in [0.25, 0.3) is 11.1 Å². The van der Waals surface area contributed by atoms with Crippen LogP contribution in [-0.2, 0) is 9.59 Å². The summed E-state index contributed by atoms with van der Waals surface area (Å²) in [4.78, 5) is 85.5. The molecule has 4 rings (SSSR count). The molecule has 0 atom stereocenters. The number of H-pyrrole nitrogens is 2. The molecular weight excluding hydrogens is 612 g/mol. The molecule has 226 valence electrons. The Morgan fingerprint density at radius 1 is 0.682 bits per heavy atom. The maximum Gasteiger partial charge on any atom is 0.337 e. The summed E-state index contributed by atoms with van der Waals surface area (Å²) in [5, 5.41) is 25.1. The SMILES string of the molecule is Cc1cc(=O)[nH]c(SCC(=O)Nc2ccc(-c3ccc(NC(=O)CSc4nc(C)cc(=O)[nH]4)c(C(=O)O)c3)cc2C(=O)O)n1. The Morgan fingerprint density at radius 3 is 1.41 bits per heavy atom. The van der Waals surface area contributed by atoms with E-state index in [9.17, 15) is 39.0 Å². The summed E-state index contributed by atoms with van der Waals surface area (Å²) in [5.74, 6) is -4.04. The van der Waals surface area contributed by atoms with Crippen LogP contribution in [0.1, 0.15) is 32.1 Å².